The van der Waals surface area contributed by atoms with Gasteiger partial charge in [-0.2, -0.15) is 0 Å². The molecule has 496 valence electrons. The molecule has 95 heavy (non-hydrogen) atoms. The molecule has 3 aliphatic carbocycles. The number of hydrogen-bond donors (Lipinski definition) is 8. The summed E-state index contributed by atoms with van der Waals surface area (Å²) in [5.41, 5.74) is 9.40. The van der Waals surface area contributed by atoms with Crippen LogP contribution in [-0.2, 0) is 48.0 Å². The predicted octanol–water partition coefficient (Wildman–Crippen LogP) is 9.37. The summed E-state index contributed by atoms with van der Waals surface area (Å²) in [5, 5.41) is 29.5. The van der Waals surface area contributed by atoms with Crippen LogP contribution in [0.2, 0.25) is 19.1 Å². The molecule has 0 spiro atoms. The Bertz CT molecular complexity index is 3860. The quantitative estimate of drug-likeness (QED) is 0.0354. The van der Waals surface area contributed by atoms with Crippen molar-refractivity contribution in [3.63, 3.8) is 0 Å². The van der Waals surface area contributed by atoms with E-state index < -0.39 is 97.2 Å². The Morgan fingerprint density at radius 2 is 1.16 bits per heavy atom. The third-order valence-corrected chi connectivity index (χ3v) is 22.0. The highest BCUT2D eigenvalue weighted by Gasteiger charge is 2.49. The number of rotatable bonds is 19. The maximum Gasteiger partial charge on any atom is 0.407 e. The van der Waals surface area contributed by atoms with Gasteiger partial charge in [0.25, 0.3) is 11.8 Å². The SMILES string of the molecule is C[C@@H](CNC(=O)O)C(=O)N[C@@H](C(=O)N1C[C@@H](NC(=O)c2ccc(NC(=O)c3ccc(C[C@H](NC(=O)OCC4c5ccccc5-c5ccccc54)C(=O)N4C[Si](C)(C)C[C@H]4C(=O)N[C@H]4CCCc5ccccc54)cc3)cc2)C[C@@H]1C(=O)N[C@H]1CCCc2ccccc21)C(C)(C)C. The Morgan fingerprint density at radius 3 is 1.74 bits per heavy atom. The third-order valence-electron chi connectivity index (χ3n) is 19.3. The lowest BCUT2D eigenvalue weighted by Crippen LogP contribution is -2.59. The molecular formula is C74H85N9O11Si. The predicted molar refractivity (Wildman–Crippen MR) is 363 cm³/mol. The van der Waals surface area contributed by atoms with E-state index in [0.717, 1.165) is 71.0 Å². The molecule has 0 radical (unpaired) electrons. The fourth-order valence-corrected chi connectivity index (χ4v) is 17.2. The van der Waals surface area contributed by atoms with Crippen LogP contribution >= 0.6 is 0 Å². The van der Waals surface area contributed by atoms with Crippen LogP contribution in [0.1, 0.15) is 137 Å². The van der Waals surface area contributed by atoms with E-state index in [0.29, 0.717) is 35.4 Å². The van der Waals surface area contributed by atoms with Gasteiger partial charge < -0.3 is 56.9 Å². The fraction of sp³-hybridized carbons (Fsp3) is 0.392. The van der Waals surface area contributed by atoms with Crippen LogP contribution in [0, 0.1) is 11.3 Å². The molecule has 9 amide bonds. The van der Waals surface area contributed by atoms with E-state index in [1.165, 1.54) is 10.5 Å². The summed E-state index contributed by atoms with van der Waals surface area (Å²) >= 11 is 0. The van der Waals surface area contributed by atoms with Crippen LogP contribution in [0.5, 0.6) is 0 Å². The molecule has 2 aliphatic heterocycles. The van der Waals surface area contributed by atoms with E-state index >= 15 is 4.79 Å². The van der Waals surface area contributed by atoms with Crippen LogP contribution in [0.3, 0.4) is 0 Å². The number of carbonyl (C=O) groups excluding carboxylic acids is 8. The molecule has 6 aromatic rings. The topological polar surface area (TPSA) is 274 Å². The van der Waals surface area contributed by atoms with Crippen molar-refractivity contribution in [1.82, 2.24) is 41.7 Å². The fourth-order valence-electron chi connectivity index (χ4n) is 14.3. The molecule has 20 nitrogen and oxygen atoms in total. The summed E-state index contributed by atoms with van der Waals surface area (Å²) in [4.78, 5) is 129. The molecule has 8 atom stereocenters. The van der Waals surface area contributed by atoms with Gasteiger partial charge in [0.05, 0.1) is 26.1 Å². The van der Waals surface area contributed by atoms with Gasteiger partial charge in [-0.15, -0.1) is 0 Å². The Labute approximate surface area is 555 Å². The summed E-state index contributed by atoms with van der Waals surface area (Å²) in [5.74, 6) is -4.06. The Kier molecular flexibility index (Phi) is 20.1. The minimum atomic E-state index is -2.13. The summed E-state index contributed by atoms with van der Waals surface area (Å²) in [6.07, 6.45) is 3.55. The molecule has 0 aromatic heterocycles. The smallest absolute Gasteiger partial charge is 0.407 e. The van der Waals surface area contributed by atoms with Gasteiger partial charge in [0, 0.05) is 54.5 Å². The Morgan fingerprint density at radius 1 is 0.621 bits per heavy atom. The highest BCUT2D eigenvalue weighted by molar-refractivity contribution is 6.79. The van der Waals surface area contributed by atoms with Crippen molar-refractivity contribution in [1.29, 1.82) is 0 Å². The lowest BCUT2D eigenvalue weighted by Gasteiger charge is -2.36. The molecule has 0 unspecified atom stereocenters. The zero-order valence-electron chi connectivity index (χ0n) is 54.7. The minimum absolute atomic E-state index is 0.0283. The van der Waals surface area contributed by atoms with Gasteiger partial charge in [0.15, 0.2) is 0 Å². The normalized spacial score (nSPS) is 20.2. The van der Waals surface area contributed by atoms with E-state index in [1.807, 2.05) is 72.8 Å². The number of aryl methyl sites for hydroxylation is 2. The van der Waals surface area contributed by atoms with E-state index in [2.05, 4.69) is 74.6 Å². The van der Waals surface area contributed by atoms with Crippen molar-refractivity contribution in [2.75, 3.05) is 31.2 Å². The second kappa shape index (κ2) is 28.5. The maximum atomic E-state index is 15.1. The average molecular weight is 1300 g/mol. The van der Waals surface area contributed by atoms with Crippen molar-refractivity contribution in [2.45, 2.75) is 146 Å². The lowest BCUT2D eigenvalue weighted by molar-refractivity contribution is -0.144. The average Bonchev–Trinajstić information content (AvgIpc) is 1.62. The molecule has 6 aromatic carbocycles. The number of anilines is 1. The van der Waals surface area contributed by atoms with Crippen LogP contribution in [0.4, 0.5) is 15.3 Å². The lowest BCUT2D eigenvalue weighted by atomic mass is 9.85. The van der Waals surface area contributed by atoms with Gasteiger partial charge in [-0.05, 0) is 143 Å². The van der Waals surface area contributed by atoms with Crippen molar-refractivity contribution in [3.05, 3.63) is 196 Å². The summed E-state index contributed by atoms with van der Waals surface area (Å²) in [6.45, 7) is 11.0. The molecule has 2 heterocycles. The first-order valence-corrected chi connectivity index (χ1v) is 36.5. The monoisotopic (exact) mass is 1300 g/mol. The number of amides is 9. The molecule has 21 heteroatoms. The zero-order chi connectivity index (χ0) is 67.3. The van der Waals surface area contributed by atoms with Crippen LogP contribution in [-0.4, -0.2) is 133 Å². The number of alkyl carbamates (subject to hydrolysis) is 1. The molecule has 0 bridgehead atoms. The van der Waals surface area contributed by atoms with Crippen molar-refractivity contribution in [3.8, 4) is 11.1 Å². The third kappa shape index (κ3) is 15.5. The molecule has 11 rings (SSSR count). The van der Waals surface area contributed by atoms with Gasteiger partial charge in [0.1, 0.15) is 30.8 Å². The summed E-state index contributed by atoms with van der Waals surface area (Å²) in [6, 6.07) is 40.5. The number of fused-ring (bicyclic) bond motifs is 5. The van der Waals surface area contributed by atoms with Gasteiger partial charge in [-0.1, -0.05) is 150 Å². The Hall–Kier alpha value is -9.63. The number of carbonyl (C=O) groups is 9. The van der Waals surface area contributed by atoms with E-state index in [1.54, 1.807) is 81.1 Å². The van der Waals surface area contributed by atoms with Crippen LogP contribution in [0.25, 0.3) is 11.1 Å². The van der Waals surface area contributed by atoms with Crippen LogP contribution in [0.15, 0.2) is 146 Å². The van der Waals surface area contributed by atoms with Crippen molar-refractivity contribution in [2.24, 2.45) is 11.3 Å². The van der Waals surface area contributed by atoms with Gasteiger partial charge in [-0.3, -0.25) is 33.6 Å². The number of carboxylic acid groups (broad SMARTS) is 1. The van der Waals surface area contributed by atoms with Gasteiger partial charge in [0.2, 0.25) is 29.5 Å². The largest absolute Gasteiger partial charge is 0.465 e. The van der Waals surface area contributed by atoms with Gasteiger partial charge >= 0.3 is 12.2 Å². The number of benzene rings is 6. The summed E-state index contributed by atoms with van der Waals surface area (Å²) < 4.78 is 6.01. The number of ether oxygens (including phenoxy) is 1. The zero-order valence-corrected chi connectivity index (χ0v) is 55.7. The number of nitrogens with zero attached hydrogens (tertiary/aromatic N) is 2. The van der Waals surface area contributed by atoms with Crippen molar-refractivity contribution >= 4 is 67.3 Å². The molecule has 0 saturated carbocycles. The number of likely N-dealkylation sites (tertiary alicyclic amines) is 1. The number of hydrogen-bond acceptors (Lipinski definition) is 10. The molecular weight excluding hydrogens is 1220 g/mol. The van der Waals surface area contributed by atoms with Crippen molar-refractivity contribution < 1.29 is 53.0 Å². The second-order valence-corrected chi connectivity index (χ2v) is 33.0. The van der Waals surface area contributed by atoms with E-state index in [-0.39, 0.29) is 62.0 Å². The standard InChI is InChI=1S/C74H85N9O11Si/c1-44(39-75-72(91)92)65(84)81-64(74(2,3)4)71(90)82-40-51(38-62(82)68(87)78-59-27-15-19-46-17-7-9-21-52(46)59)77-67(86)49-33-35-50(36-34-49)76-66(85)48-31-29-45(30-32-48)37-61(80-73(93)94-41-58-56-25-13-11-23-54(56)55-24-12-14-26-57(55)58)70(89)83-43-95(5,6)42-63(83)69(88)79-60-28-16-20-47-18-8-10-22-53(47)60/h7-14,17-18,21-26,29-36,44,51,58-64,75H,15-16,19-20,27-28,37-43H2,1-6H3,(H,76,85)(H,77,86)(H,78,87)(H,79,88)(H,80,93)(H,81,84)(H,91,92)/t44-,51-,59-,60-,61-,62+,63-,64-/m0/s1. The van der Waals surface area contributed by atoms with E-state index in [9.17, 15) is 38.4 Å². The molecule has 2 saturated heterocycles. The summed E-state index contributed by atoms with van der Waals surface area (Å²) in [7, 11) is -2.13. The number of nitrogens with one attached hydrogen (secondary N) is 7. The minimum Gasteiger partial charge on any atom is -0.465 e. The first kappa shape index (κ1) is 66.8. The first-order chi connectivity index (χ1) is 45.5. The maximum absolute atomic E-state index is 15.1. The van der Waals surface area contributed by atoms with E-state index in [4.69, 9.17) is 9.84 Å². The molecule has 8 N–H and O–H groups in total. The first-order valence-electron chi connectivity index (χ1n) is 33.1. The van der Waals surface area contributed by atoms with Gasteiger partial charge in [-0.25, -0.2) is 9.59 Å². The Balaban J connectivity index is 0.757. The highest BCUT2D eigenvalue weighted by atomic mass is 28.3. The molecule has 2 fully saturated rings. The van der Waals surface area contributed by atoms with Crippen LogP contribution < -0.4 is 37.2 Å². The second-order valence-electron chi connectivity index (χ2n) is 27.9. The molecule has 5 aliphatic rings. The highest BCUT2D eigenvalue weighted by Crippen LogP contribution is 2.45.